The third-order valence-corrected chi connectivity index (χ3v) is 2.30. The van der Waals surface area contributed by atoms with Crippen LogP contribution in [0.15, 0.2) is 34.9 Å². The molecule has 0 saturated carbocycles. The molecule has 0 aliphatic heterocycles. The fourth-order valence-corrected chi connectivity index (χ4v) is 1.12. The molecule has 0 bridgehead atoms. The van der Waals surface area contributed by atoms with Gasteiger partial charge in [-0.05, 0) is 46.6 Å². The van der Waals surface area contributed by atoms with Crippen LogP contribution in [-0.4, -0.2) is 12.6 Å². The molecule has 2 nitrogen and oxygen atoms in total. The lowest BCUT2D eigenvalue weighted by molar-refractivity contribution is -0.114. The Morgan fingerprint density at radius 1 is 1.06 bits per heavy atom. The van der Waals surface area contributed by atoms with E-state index < -0.39 is 0 Å². The van der Waals surface area contributed by atoms with E-state index in [-0.39, 0.29) is 5.78 Å². The van der Waals surface area contributed by atoms with Crippen LogP contribution in [-0.2, 0) is 9.59 Å². The molecular formula is C15H24O2. The highest BCUT2D eigenvalue weighted by Crippen LogP contribution is 2.08. The summed E-state index contributed by atoms with van der Waals surface area (Å²) < 4.78 is 0. The molecule has 0 aliphatic carbocycles. The van der Waals surface area contributed by atoms with E-state index in [0.717, 1.165) is 17.6 Å². The second-order valence-electron chi connectivity index (χ2n) is 4.14. The molecule has 0 fully saturated rings. The van der Waals surface area contributed by atoms with Gasteiger partial charge in [-0.25, -0.2) is 0 Å². The Morgan fingerprint density at radius 3 is 2.00 bits per heavy atom. The van der Waals surface area contributed by atoms with Crippen molar-refractivity contribution >= 4 is 12.6 Å². The Kier molecular flexibility index (Phi) is 11.7. The van der Waals surface area contributed by atoms with E-state index in [9.17, 15) is 4.79 Å². The first kappa shape index (κ1) is 17.9. The lowest BCUT2D eigenvalue weighted by Gasteiger charge is -2.00. The van der Waals surface area contributed by atoms with Crippen molar-refractivity contribution in [2.24, 2.45) is 0 Å². The van der Waals surface area contributed by atoms with Crippen LogP contribution in [0.25, 0.3) is 0 Å². The maximum atomic E-state index is 11.6. The van der Waals surface area contributed by atoms with Gasteiger partial charge in [0.2, 0.25) is 0 Å². The maximum absolute atomic E-state index is 11.6. The van der Waals surface area contributed by atoms with Crippen molar-refractivity contribution in [1.29, 1.82) is 0 Å². The Morgan fingerprint density at radius 2 is 1.59 bits per heavy atom. The Labute approximate surface area is 105 Å². The minimum atomic E-state index is 0.225. The van der Waals surface area contributed by atoms with E-state index in [2.05, 4.69) is 26.0 Å². The summed E-state index contributed by atoms with van der Waals surface area (Å²) in [4.78, 5) is 19.6. The van der Waals surface area contributed by atoms with Crippen molar-refractivity contribution in [2.45, 2.75) is 47.5 Å². The van der Waals surface area contributed by atoms with Gasteiger partial charge in [0.25, 0.3) is 0 Å². The van der Waals surface area contributed by atoms with Crippen LogP contribution in [0.5, 0.6) is 0 Å². The van der Waals surface area contributed by atoms with Crippen molar-refractivity contribution in [3.63, 3.8) is 0 Å². The van der Waals surface area contributed by atoms with Crippen molar-refractivity contribution in [3.8, 4) is 0 Å². The lowest BCUT2D eigenvalue weighted by Crippen LogP contribution is -1.99. The molecule has 0 aromatic rings. The largest absolute Gasteiger partial charge is 0.307 e. The standard InChI is InChI=1S/C14H22O.CH2O/c1-6-13(5)14(15)10-12(4)9-7-8-11(2)3;1-2/h6,8-9H,7,10H2,1-5H3;1H2. The molecule has 0 rings (SSSR count). The molecule has 0 amide bonds. The van der Waals surface area contributed by atoms with Gasteiger partial charge in [0.15, 0.2) is 5.78 Å². The number of hydrogen-bond donors (Lipinski definition) is 0. The van der Waals surface area contributed by atoms with Gasteiger partial charge in [-0.2, -0.15) is 0 Å². The predicted octanol–water partition coefficient (Wildman–Crippen LogP) is 4.03. The Balaban J connectivity index is 0. The van der Waals surface area contributed by atoms with Gasteiger partial charge in [-0.3, -0.25) is 4.79 Å². The first-order valence-corrected chi connectivity index (χ1v) is 5.71. The molecule has 0 aromatic heterocycles. The van der Waals surface area contributed by atoms with E-state index in [1.807, 2.05) is 33.6 Å². The summed E-state index contributed by atoms with van der Waals surface area (Å²) in [6.45, 7) is 11.9. The zero-order valence-electron chi connectivity index (χ0n) is 11.7. The van der Waals surface area contributed by atoms with Crippen LogP contribution in [0.2, 0.25) is 0 Å². The van der Waals surface area contributed by atoms with E-state index in [1.54, 1.807) is 0 Å². The number of ketones is 1. The normalized spacial score (nSPS) is 11.4. The highest BCUT2D eigenvalue weighted by molar-refractivity contribution is 5.96. The summed E-state index contributed by atoms with van der Waals surface area (Å²) in [5, 5.41) is 0. The second kappa shape index (κ2) is 11.1. The minimum absolute atomic E-state index is 0.225. The first-order valence-electron chi connectivity index (χ1n) is 5.71. The van der Waals surface area contributed by atoms with Crippen LogP contribution >= 0.6 is 0 Å². The van der Waals surface area contributed by atoms with Gasteiger partial charge >= 0.3 is 0 Å². The summed E-state index contributed by atoms with van der Waals surface area (Å²) in [7, 11) is 0. The lowest BCUT2D eigenvalue weighted by atomic mass is 10.0. The van der Waals surface area contributed by atoms with Crippen LogP contribution in [0.4, 0.5) is 0 Å². The molecule has 0 heterocycles. The summed E-state index contributed by atoms with van der Waals surface area (Å²) in [6.07, 6.45) is 7.62. The summed E-state index contributed by atoms with van der Waals surface area (Å²) >= 11 is 0. The van der Waals surface area contributed by atoms with Crippen molar-refractivity contribution in [2.75, 3.05) is 0 Å². The Hall–Kier alpha value is -1.44. The molecule has 0 spiro atoms. The zero-order valence-corrected chi connectivity index (χ0v) is 11.7. The number of Topliss-reactive ketones (excluding diaryl/α,β-unsaturated/α-hetero) is 1. The molecule has 0 aliphatic rings. The summed E-state index contributed by atoms with van der Waals surface area (Å²) in [6, 6.07) is 0. The molecule has 0 saturated heterocycles. The molecule has 96 valence electrons. The average molecular weight is 236 g/mol. The minimum Gasteiger partial charge on any atom is -0.307 e. The topological polar surface area (TPSA) is 34.1 Å². The van der Waals surface area contributed by atoms with E-state index in [4.69, 9.17) is 4.79 Å². The summed E-state index contributed by atoms with van der Waals surface area (Å²) in [5.74, 6) is 0.225. The smallest absolute Gasteiger partial charge is 0.162 e. The average Bonchev–Trinajstić information content (AvgIpc) is 2.29. The highest BCUT2D eigenvalue weighted by Gasteiger charge is 2.03. The van der Waals surface area contributed by atoms with Crippen LogP contribution in [0.3, 0.4) is 0 Å². The van der Waals surface area contributed by atoms with Gasteiger partial charge in [0.1, 0.15) is 6.79 Å². The van der Waals surface area contributed by atoms with Gasteiger partial charge in [0.05, 0.1) is 0 Å². The van der Waals surface area contributed by atoms with Gasteiger partial charge in [-0.1, -0.05) is 29.4 Å². The number of rotatable bonds is 5. The quantitative estimate of drug-likeness (QED) is 0.533. The van der Waals surface area contributed by atoms with Crippen molar-refractivity contribution < 1.29 is 9.59 Å². The second-order valence-corrected chi connectivity index (χ2v) is 4.14. The van der Waals surface area contributed by atoms with E-state index in [1.165, 1.54) is 5.57 Å². The molecule has 0 atom stereocenters. The van der Waals surface area contributed by atoms with Gasteiger partial charge < -0.3 is 4.79 Å². The number of allylic oxidation sites excluding steroid dienone is 6. The molecule has 0 N–H and O–H groups in total. The van der Waals surface area contributed by atoms with E-state index >= 15 is 0 Å². The van der Waals surface area contributed by atoms with Crippen molar-refractivity contribution in [1.82, 2.24) is 0 Å². The predicted molar refractivity (Wildman–Crippen MR) is 74.0 cm³/mol. The fraction of sp³-hybridized carbons (Fsp3) is 0.467. The van der Waals surface area contributed by atoms with Crippen LogP contribution in [0, 0.1) is 0 Å². The highest BCUT2D eigenvalue weighted by atomic mass is 16.1. The molecule has 0 unspecified atom stereocenters. The van der Waals surface area contributed by atoms with E-state index in [0.29, 0.717) is 6.42 Å². The van der Waals surface area contributed by atoms with Crippen LogP contribution < -0.4 is 0 Å². The number of carbonyl (C=O) groups is 2. The molecular weight excluding hydrogens is 212 g/mol. The number of carbonyl (C=O) groups excluding carboxylic acids is 2. The first-order chi connectivity index (χ1) is 7.97. The zero-order chi connectivity index (χ0) is 13.8. The van der Waals surface area contributed by atoms with Crippen molar-refractivity contribution in [3.05, 3.63) is 34.9 Å². The monoisotopic (exact) mass is 236 g/mol. The maximum Gasteiger partial charge on any atom is 0.162 e. The number of hydrogen-bond acceptors (Lipinski definition) is 2. The fourth-order valence-electron chi connectivity index (χ4n) is 1.12. The SMILES string of the molecule is C=O.CC=C(C)C(=O)CC(C)=CCC=C(C)C. The Bertz CT molecular complexity index is 316. The third-order valence-electron chi connectivity index (χ3n) is 2.30. The molecule has 17 heavy (non-hydrogen) atoms. The molecule has 0 aromatic carbocycles. The van der Waals surface area contributed by atoms with Gasteiger partial charge in [0, 0.05) is 6.42 Å². The van der Waals surface area contributed by atoms with Crippen LogP contribution in [0.1, 0.15) is 47.5 Å². The molecule has 0 radical (unpaired) electrons. The molecule has 2 heteroatoms. The van der Waals surface area contributed by atoms with Gasteiger partial charge in [-0.15, -0.1) is 0 Å². The third kappa shape index (κ3) is 10.8. The summed E-state index contributed by atoms with van der Waals surface area (Å²) in [5.41, 5.74) is 3.32.